The zero-order valence-corrected chi connectivity index (χ0v) is 14.5. The third kappa shape index (κ3) is 5.80. The minimum Gasteiger partial charge on any atom is -0.466 e. The number of nitrogens with zero attached hydrogens (tertiary/aromatic N) is 3. The first-order chi connectivity index (χ1) is 13.1. The maximum atomic E-state index is 12.3. The van der Waals surface area contributed by atoms with E-state index in [0.29, 0.717) is 0 Å². The minimum absolute atomic E-state index is 0.0210. The van der Waals surface area contributed by atoms with Crippen LogP contribution in [0.15, 0.2) is 39.4 Å². The average Bonchev–Trinajstić information content (AvgIpc) is 2.92. The first kappa shape index (κ1) is 20.9. The van der Waals surface area contributed by atoms with Crippen LogP contribution < -0.4 is 10.1 Å². The predicted molar refractivity (Wildman–Crippen MR) is 90.6 cm³/mol. The number of benzene rings is 1. The number of nitro benzene ring substituents is 1. The van der Waals surface area contributed by atoms with Crippen LogP contribution in [-0.2, 0) is 14.3 Å². The first-order valence-corrected chi connectivity index (χ1v) is 7.85. The molecule has 14 heteroatoms. The van der Waals surface area contributed by atoms with E-state index in [1.807, 2.05) is 0 Å². The van der Waals surface area contributed by atoms with Gasteiger partial charge in [0.2, 0.25) is 0 Å². The van der Waals surface area contributed by atoms with Crippen molar-refractivity contribution in [1.29, 1.82) is 0 Å². The molecule has 0 bridgehead atoms. The summed E-state index contributed by atoms with van der Waals surface area (Å²) in [5.41, 5.74) is -0.844. The molecule has 1 saturated heterocycles. The second-order valence-electron chi connectivity index (χ2n) is 4.76. The van der Waals surface area contributed by atoms with E-state index < -0.39 is 34.6 Å². The normalized spacial score (nSPS) is 17.2. The molecule has 10 nitrogen and oxygen atoms in total. The molecule has 2 rings (SSSR count). The van der Waals surface area contributed by atoms with E-state index in [0.717, 1.165) is 49.4 Å². The van der Waals surface area contributed by atoms with Gasteiger partial charge < -0.3 is 9.47 Å². The molecule has 1 aromatic carbocycles. The number of amidine groups is 1. The fraction of sp³-hybridized carbons (Fsp3) is 0.143. The maximum absolute atomic E-state index is 12.3. The summed E-state index contributed by atoms with van der Waals surface area (Å²) in [4.78, 5) is 32.9. The number of nitro groups is 1. The van der Waals surface area contributed by atoms with Crippen molar-refractivity contribution in [1.82, 2.24) is 5.32 Å². The van der Waals surface area contributed by atoms with Crippen LogP contribution >= 0.6 is 11.8 Å². The van der Waals surface area contributed by atoms with Crippen molar-refractivity contribution >= 4 is 40.7 Å². The topological polar surface area (TPSA) is 132 Å². The molecule has 148 valence electrons. The summed E-state index contributed by atoms with van der Waals surface area (Å²) >= 11 is 0.748. The lowest BCUT2D eigenvalue weighted by Gasteiger charge is -2.09. The van der Waals surface area contributed by atoms with Crippen molar-refractivity contribution in [3.63, 3.8) is 0 Å². The summed E-state index contributed by atoms with van der Waals surface area (Å²) in [6, 6.07) is 2.36. The summed E-state index contributed by atoms with van der Waals surface area (Å²) in [5, 5.41) is 20.3. The molecule has 0 aromatic heterocycles. The Hall–Kier alpha value is -3.42. The fourth-order valence-electron chi connectivity index (χ4n) is 1.78. The lowest BCUT2D eigenvalue weighted by molar-refractivity contribution is -0.385. The van der Waals surface area contributed by atoms with Crippen LogP contribution in [0.2, 0.25) is 0 Å². The molecule has 0 radical (unpaired) electrons. The number of methoxy groups -OCH3 is 1. The number of esters is 1. The number of ether oxygens (including phenoxy) is 2. The van der Waals surface area contributed by atoms with Gasteiger partial charge in [-0.25, -0.2) is 4.79 Å². The number of carbonyl (C=O) groups excluding carboxylic acids is 2. The van der Waals surface area contributed by atoms with Crippen molar-refractivity contribution in [2.24, 2.45) is 10.2 Å². The van der Waals surface area contributed by atoms with E-state index in [9.17, 15) is 32.9 Å². The highest BCUT2D eigenvalue weighted by Gasteiger charge is 2.31. The van der Waals surface area contributed by atoms with Gasteiger partial charge in [0.1, 0.15) is 5.75 Å². The Balaban J connectivity index is 2.23. The van der Waals surface area contributed by atoms with Crippen LogP contribution in [-0.4, -0.2) is 41.7 Å². The molecular weight excluding hydrogens is 409 g/mol. The smallest absolute Gasteiger partial charge is 0.466 e. The zero-order chi connectivity index (χ0) is 20.9. The van der Waals surface area contributed by atoms with Crippen molar-refractivity contribution < 1.29 is 37.2 Å². The highest BCUT2D eigenvalue weighted by atomic mass is 32.2. The molecule has 28 heavy (non-hydrogen) atoms. The van der Waals surface area contributed by atoms with E-state index in [1.165, 1.54) is 0 Å². The molecule has 1 aromatic rings. The van der Waals surface area contributed by atoms with Gasteiger partial charge in [-0.05, 0) is 23.9 Å². The maximum Gasteiger partial charge on any atom is 0.573 e. The molecule has 1 fully saturated rings. The monoisotopic (exact) mass is 418 g/mol. The number of nitrogens with one attached hydrogen (secondary N) is 1. The van der Waals surface area contributed by atoms with Crippen molar-refractivity contribution in [3.8, 4) is 5.75 Å². The SMILES string of the molecule is COC(=O)/C=C1/S/C(=N\N=Cc2cc(OC(F)(F)F)ccc2[N+](=O)[O-])NC1=O. The highest BCUT2D eigenvalue weighted by Crippen LogP contribution is 2.28. The number of rotatable bonds is 5. The quantitative estimate of drug-likeness (QED) is 0.255. The number of amides is 1. The van der Waals surface area contributed by atoms with Crippen LogP contribution in [0.1, 0.15) is 5.56 Å². The van der Waals surface area contributed by atoms with Gasteiger partial charge in [0.25, 0.3) is 11.6 Å². The van der Waals surface area contributed by atoms with Crippen LogP contribution in [0, 0.1) is 10.1 Å². The lowest BCUT2D eigenvalue weighted by Crippen LogP contribution is -2.19. The lowest BCUT2D eigenvalue weighted by atomic mass is 10.2. The summed E-state index contributed by atoms with van der Waals surface area (Å²) in [6.45, 7) is 0. The van der Waals surface area contributed by atoms with Gasteiger partial charge in [-0.15, -0.1) is 18.3 Å². The van der Waals surface area contributed by atoms with Gasteiger partial charge in [-0.1, -0.05) is 0 Å². The number of thioether (sulfide) groups is 1. The van der Waals surface area contributed by atoms with E-state index in [-0.39, 0.29) is 15.6 Å². The van der Waals surface area contributed by atoms with Gasteiger partial charge in [0.05, 0.1) is 28.7 Å². The Morgan fingerprint density at radius 2 is 2.11 bits per heavy atom. The molecule has 1 amide bonds. The van der Waals surface area contributed by atoms with E-state index in [2.05, 4.69) is 25.0 Å². The van der Waals surface area contributed by atoms with Crippen molar-refractivity contribution in [2.75, 3.05) is 7.11 Å². The van der Waals surface area contributed by atoms with Gasteiger partial charge in [0.15, 0.2) is 5.17 Å². The zero-order valence-electron chi connectivity index (χ0n) is 13.7. The van der Waals surface area contributed by atoms with E-state index in [4.69, 9.17) is 0 Å². The molecule has 0 spiro atoms. The van der Waals surface area contributed by atoms with Crippen molar-refractivity contribution in [2.45, 2.75) is 6.36 Å². The van der Waals surface area contributed by atoms with Gasteiger partial charge in [0, 0.05) is 12.1 Å². The van der Waals surface area contributed by atoms with Crippen molar-refractivity contribution in [3.05, 3.63) is 44.9 Å². The second kappa shape index (κ2) is 8.51. The number of alkyl halides is 3. The first-order valence-electron chi connectivity index (χ1n) is 7.03. The molecule has 1 aliphatic heterocycles. The van der Waals surface area contributed by atoms with Crippen LogP contribution in [0.4, 0.5) is 18.9 Å². The Kier molecular flexibility index (Phi) is 6.35. The third-order valence-corrected chi connectivity index (χ3v) is 3.78. The number of carbonyl (C=O) groups is 2. The van der Waals surface area contributed by atoms with Gasteiger partial charge in [-0.3, -0.25) is 20.2 Å². The number of halogens is 3. The van der Waals surface area contributed by atoms with Crippen LogP contribution in [0.5, 0.6) is 5.75 Å². The standard InChI is InChI=1S/C14H9F3N4O6S/c1-26-11(22)5-10-12(23)19-13(28-10)20-18-6-7-4-8(27-14(15,16)17)2-3-9(7)21(24)25/h2-6H,1H3,(H,19,20,23)/b10-5+,18-6?. The van der Waals surface area contributed by atoms with Gasteiger partial charge >= 0.3 is 12.3 Å². The highest BCUT2D eigenvalue weighted by molar-refractivity contribution is 8.18. The van der Waals surface area contributed by atoms with E-state index in [1.54, 1.807) is 0 Å². The Morgan fingerprint density at radius 3 is 2.71 bits per heavy atom. The molecule has 0 unspecified atom stereocenters. The average molecular weight is 418 g/mol. The summed E-state index contributed by atoms with van der Waals surface area (Å²) in [7, 11) is 1.12. The molecule has 1 N–H and O–H groups in total. The molecule has 0 saturated carbocycles. The number of hydrogen-bond acceptors (Lipinski definition) is 9. The summed E-state index contributed by atoms with van der Waals surface area (Å²) in [5.74, 6) is -2.09. The Bertz CT molecular complexity index is 913. The second-order valence-corrected chi connectivity index (χ2v) is 5.79. The van der Waals surface area contributed by atoms with E-state index >= 15 is 0 Å². The third-order valence-electron chi connectivity index (χ3n) is 2.88. The molecule has 1 heterocycles. The fourth-order valence-corrected chi connectivity index (χ4v) is 2.52. The summed E-state index contributed by atoms with van der Waals surface area (Å²) in [6.07, 6.45) is -3.23. The number of hydrogen-bond donors (Lipinski definition) is 1. The predicted octanol–water partition coefficient (Wildman–Crippen LogP) is 2.10. The molecule has 0 aliphatic carbocycles. The molecule has 1 aliphatic rings. The Morgan fingerprint density at radius 1 is 1.39 bits per heavy atom. The Labute approximate surface area is 158 Å². The van der Waals surface area contributed by atoms with Crippen LogP contribution in [0.25, 0.3) is 0 Å². The van der Waals surface area contributed by atoms with Crippen LogP contribution in [0.3, 0.4) is 0 Å². The summed E-state index contributed by atoms with van der Waals surface area (Å²) < 4.78 is 44.9. The molecular formula is C14H9F3N4O6S. The van der Waals surface area contributed by atoms with Gasteiger partial charge in [-0.2, -0.15) is 5.10 Å². The molecule has 0 atom stereocenters. The minimum atomic E-state index is -4.97. The largest absolute Gasteiger partial charge is 0.573 e.